The third kappa shape index (κ3) is 2.81. The van der Waals surface area contributed by atoms with Crippen LogP contribution >= 0.6 is 0 Å². The van der Waals surface area contributed by atoms with E-state index in [1.165, 1.54) is 0 Å². The fraction of sp³-hybridized carbons (Fsp3) is 0.455. The number of hydrogen-bond acceptors (Lipinski definition) is 6. The maximum atomic E-state index is 12.8. The predicted molar refractivity (Wildman–Crippen MR) is 111 cm³/mol. The third-order valence-corrected chi connectivity index (χ3v) is 6.58. The summed E-state index contributed by atoms with van der Waals surface area (Å²) in [6, 6.07) is 6.46. The molecule has 0 N–H and O–H groups in total. The number of imidazole rings is 1. The van der Waals surface area contributed by atoms with E-state index in [4.69, 9.17) is 9.72 Å². The number of fused-ring (bicyclic) bond motifs is 3. The molecule has 1 saturated carbocycles. The van der Waals surface area contributed by atoms with Crippen LogP contribution in [0.3, 0.4) is 0 Å². The smallest absolute Gasteiger partial charge is 0.226 e. The number of rotatable bonds is 4. The quantitative estimate of drug-likeness (QED) is 0.665. The fourth-order valence-corrected chi connectivity index (χ4v) is 4.95. The highest BCUT2D eigenvalue weighted by Crippen LogP contribution is 2.39. The minimum absolute atomic E-state index is 0.291. The van der Waals surface area contributed by atoms with Crippen molar-refractivity contribution in [1.82, 2.24) is 24.5 Å². The maximum Gasteiger partial charge on any atom is 0.226 e. The second-order valence-corrected chi connectivity index (χ2v) is 8.51. The molecule has 1 aliphatic carbocycles. The summed E-state index contributed by atoms with van der Waals surface area (Å²) in [5.74, 6) is 1.24. The lowest BCUT2D eigenvalue weighted by atomic mass is 10.1. The van der Waals surface area contributed by atoms with Crippen molar-refractivity contribution in [2.24, 2.45) is 5.92 Å². The van der Waals surface area contributed by atoms with E-state index in [-0.39, 0.29) is 0 Å². The van der Waals surface area contributed by atoms with Gasteiger partial charge in [-0.1, -0.05) is 0 Å². The van der Waals surface area contributed by atoms with Gasteiger partial charge in [-0.2, -0.15) is 5.10 Å². The number of ether oxygens (including phenoxy) is 1. The predicted octanol–water partition coefficient (Wildman–Crippen LogP) is 2.39. The van der Waals surface area contributed by atoms with E-state index in [2.05, 4.69) is 19.9 Å². The Morgan fingerprint density at radius 3 is 2.63 bits per heavy atom. The van der Waals surface area contributed by atoms with Gasteiger partial charge in [-0.3, -0.25) is 4.79 Å². The zero-order valence-electron chi connectivity index (χ0n) is 16.9. The molecule has 3 fully saturated rings. The number of amides is 1. The zero-order valence-corrected chi connectivity index (χ0v) is 16.9. The highest BCUT2D eigenvalue weighted by molar-refractivity contribution is 5.83. The van der Waals surface area contributed by atoms with Crippen molar-refractivity contribution < 1.29 is 9.53 Å². The minimum Gasteiger partial charge on any atom is -0.481 e. The average molecular weight is 404 g/mol. The minimum atomic E-state index is 0.291. The summed E-state index contributed by atoms with van der Waals surface area (Å²) >= 11 is 0. The Morgan fingerprint density at radius 2 is 1.90 bits per heavy atom. The highest BCUT2D eigenvalue weighted by Gasteiger charge is 2.46. The summed E-state index contributed by atoms with van der Waals surface area (Å²) in [7, 11) is 1.61. The number of nitrogens with zero attached hydrogens (tertiary/aromatic N) is 6. The van der Waals surface area contributed by atoms with Crippen LogP contribution in [0.15, 0.2) is 36.8 Å². The standard InChI is InChI=1S/C22H24N6O2/c1-30-20-10-15(6-8-23-20)18-13-27-21(25-18)19(7-9-24-27)26-11-16-4-5-17(12-26)28(16)22(29)14-2-3-14/h6-10,13-14,16-17H,2-5,11-12H2,1H3. The first-order chi connectivity index (χ1) is 14.7. The van der Waals surface area contributed by atoms with Crippen molar-refractivity contribution in [3.8, 4) is 17.1 Å². The van der Waals surface area contributed by atoms with Gasteiger partial charge in [0.05, 0.1) is 30.9 Å². The number of anilines is 1. The molecule has 1 amide bonds. The molecule has 3 aliphatic rings. The van der Waals surface area contributed by atoms with Gasteiger partial charge in [-0.15, -0.1) is 0 Å². The molecule has 30 heavy (non-hydrogen) atoms. The van der Waals surface area contributed by atoms with Crippen molar-refractivity contribution in [3.63, 3.8) is 0 Å². The van der Waals surface area contributed by atoms with Crippen LogP contribution in [0, 0.1) is 5.92 Å². The molecule has 154 valence electrons. The van der Waals surface area contributed by atoms with Crippen LogP contribution in [0.1, 0.15) is 25.7 Å². The molecule has 5 heterocycles. The Morgan fingerprint density at radius 1 is 1.10 bits per heavy atom. The first-order valence-electron chi connectivity index (χ1n) is 10.6. The van der Waals surface area contributed by atoms with Crippen molar-refractivity contribution >= 4 is 17.2 Å². The van der Waals surface area contributed by atoms with Gasteiger partial charge < -0.3 is 14.5 Å². The molecule has 8 heteroatoms. The molecule has 0 radical (unpaired) electrons. The van der Waals surface area contributed by atoms with Crippen LogP contribution in [0.5, 0.6) is 5.88 Å². The molecule has 2 unspecified atom stereocenters. The van der Waals surface area contributed by atoms with E-state index in [1.807, 2.05) is 35.1 Å². The van der Waals surface area contributed by atoms with Gasteiger partial charge in [0.15, 0.2) is 5.65 Å². The Labute approximate surface area is 174 Å². The van der Waals surface area contributed by atoms with Gasteiger partial charge in [0.2, 0.25) is 11.8 Å². The number of hydrogen-bond donors (Lipinski definition) is 0. The topological polar surface area (TPSA) is 75.9 Å². The van der Waals surface area contributed by atoms with Crippen LogP contribution in [-0.2, 0) is 4.79 Å². The van der Waals surface area contributed by atoms with Gasteiger partial charge in [-0.25, -0.2) is 14.5 Å². The van der Waals surface area contributed by atoms with Crippen LogP contribution in [0.2, 0.25) is 0 Å². The molecule has 0 spiro atoms. The largest absolute Gasteiger partial charge is 0.481 e. The van der Waals surface area contributed by atoms with E-state index < -0.39 is 0 Å². The number of piperazine rings is 1. The first-order valence-corrected chi connectivity index (χ1v) is 10.6. The zero-order chi connectivity index (χ0) is 20.2. The molecule has 2 bridgehead atoms. The van der Waals surface area contributed by atoms with E-state index >= 15 is 0 Å². The van der Waals surface area contributed by atoms with Gasteiger partial charge in [0.1, 0.15) is 0 Å². The van der Waals surface area contributed by atoms with Gasteiger partial charge in [0.25, 0.3) is 0 Å². The lowest BCUT2D eigenvalue weighted by Gasteiger charge is -2.42. The van der Waals surface area contributed by atoms with Gasteiger partial charge in [-0.05, 0) is 37.8 Å². The molecule has 2 aliphatic heterocycles. The monoisotopic (exact) mass is 404 g/mol. The number of pyridine rings is 1. The number of aromatic nitrogens is 4. The number of carbonyl (C=O) groups excluding carboxylic acids is 1. The normalized spacial score (nSPS) is 23.2. The van der Waals surface area contributed by atoms with Crippen molar-refractivity contribution in [2.45, 2.75) is 37.8 Å². The second-order valence-electron chi connectivity index (χ2n) is 8.51. The van der Waals surface area contributed by atoms with Gasteiger partial charge in [0, 0.05) is 48.9 Å². The van der Waals surface area contributed by atoms with Crippen LogP contribution in [-0.4, -0.2) is 62.7 Å². The second kappa shape index (κ2) is 6.68. The summed E-state index contributed by atoms with van der Waals surface area (Å²) in [6.07, 6.45) is 9.81. The number of carbonyl (C=O) groups is 1. The van der Waals surface area contributed by atoms with Crippen LogP contribution in [0.4, 0.5) is 5.69 Å². The molecule has 3 aromatic heterocycles. The lowest BCUT2D eigenvalue weighted by Crippen LogP contribution is -2.56. The highest BCUT2D eigenvalue weighted by atomic mass is 16.5. The molecule has 8 nitrogen and oxygen atoms in total. The summed E-state index contributed by atoms with van der Waals surface area (Å²) in [5, 5.41) is 4.47. The first kappa shape index (κ1) is 17.7. The Balaban J connectivity index is 1.32. The van der Waals surface area contributed by atoms with Crippen molar-refractivity contribution in [1.29, 1.82) is 0 Å². The summed E-state index contributed by atoms with van der Waals surface area (Å²) < 4.78 is 7.08. The van der Waals surface area contributed by atoms with E-state index in [9.17, 15) is 4.79 Å². The van der Waals surface area contributed by atoms with E-state index in [0.717, 1.165) is 61.4 Å². The molecule has 0 aromatic carbocycles. The molecule has 6 rings (SSSR count). The Kier molecular flexibility index (Phi) is 3.94. The van der Waals surface area contributed by atoms with Crippen LogP contribution in [0.25, 0.3) is 16.9 Å². The van der Waals surface area contributed by atoms with Crippen molar-refractivity contribution in [3.05, 3.63) is 36.8 Å². The molecule has 3 aromatic rings. The Hall–Kier alpha value is -3.16. The Bertz CT molecular complexity index is 1110. The summed E-state index contributed by atoms with van der Waals surface area (Å²) in [6.45, 7) is 1.72. The van der Waals surface area contributed by atoms with E-state index in [0.29, 0.717) is 29.8 Å². The summed E-state index contributed by atoms with van der Waals surface area (Å²) in [4.78, 5) is 26.4. The summed E-state index contributed by atoms with van der Waals surface area (Å²) in [5.41, 5.74) is 3.69. The van der Waals surface area contributed by atoms with Crippen molar-refractivity contribution in [2.75, 3.05) is 25.1 Å². The van der Waals surface area contributed by atoms with Gasteiger partial charge >= 0.3 is 0 Å². The van der Waals surface area contributed by atoms with E-state index in [1.54, 1.807) is 13.3 Å². The molecular weight excluding hydrogens is 380 g/mol. The number of methoxy groups -OCH3 is 1. The fourth-order valence-electron chi connectivity index (χ4n) is 4.95. The molecule has 2 atom stereocenters. The molecule has 2 saturated heterocycles. The van der Waals surface area contributed by atoms with Crippen LogP contribution < -0.4 is 9.64 Å². The molecular formula is C22H24N6O2. The SMILES string of the molecule is COc1cc(-c2cn3nccc(N4CC5CCC(C4)N5C(=O)C4CC4)c3n2)ccn1. The lowest BCUT2D eigenvalue weighted by molar-refractivity contribution is -0.135. The maximum absolute atomic E-state index is 12.8. The average Bonchev–Trinajstić information content (AvgIpc) is 3.48. The third-order valence-electron chi connectivity index (χ3n) is 6.58.